The summed E-state index contributed by atoms with van der Waals surface area (Å²) in [4.78, 5) is 6.07. The zero-order chi connectivity index (χ0) is 11.4. The molecule has 2 N–H and O–H groups in total. The smallest absolute Gasteiger partial charge is 0.141 e. The molecule has 84 valence electrons. The van der Waals surface area contributed by atoms with Crippen LogP contribution in [0.15, 0.2) is 18.3 Å². The minimum Gasteiger partial charge on any atom is -0.322 e. The molecule has 1 rings (SSSR count). The summed E-state index contributed by atoms with van der Waals surface area (Å²) in [5.41, 5.74) is 6.77. The number of rotatable bonds is 4. The van der Waals surface area contributed by atoms with Crippen molar-refractivity contribution >= 4 is 0 Å². The first kappa shape index (κ1) is 12.1. The van der Waals surface area contributed by atoms with Gasteiger partial charge in [0, 0.05) is 6.54 Å². The van der Waals surface area contributed by atoms with E-state index >= 15 is 0 Å². The van der Waals surface area contributed by atoms with Crippen LogP contribution in [0.5, 0.6) is 0 Å². The third-order valence-corrected chi connectivity index (χ3v) is 2.36. The average Bonchev–Trinajstić information content (AvgIpc) is 2.17. The number of hydrogen-bond acceptors (Lipinski definition) is 3. The fraction of sp³-hybridized carbons (Fsp3) is 0.545. The van der Waals surface area contributed by atoms with Crippen molar-refractivity contribution in [3.63, 3.8) is 0 Å². The first-order chi connectivity index (χ1) is 7.00. The van der Waals surface area contributed by atoms with Crippen LogP contribution in [0.1, 0.15) is 18.7 Å². The first-order valence-electron chi connectivity index (χ1n) is 5.02. The lowest BCUT2D eigenvalue weighted by Gasteiger charge is -2.22. The zero-order valence-corrected chi connectivity index (χ0v) is 9.44. The summed E-state index contributed by atoms with van der Waals surface area (Å²) >= 11 is 0. The Balaban J connectivity index is 2.67. The van der Waals surface area contributed by atoms with E-state index < -0.39 is 0 Å². The van der Waals surface area contributed by atoms with Gasteiger partial charge in [-0.3, -0.25) is 4.98 Å². The van der Waals surface area contributed by atoms with Crippen LogP contribution in [0.3, 0.4) is 0 Å². The lowest BCUT2D eigenvalue weighted by molar-refractivity contribution is 0.305. The summed E-state index contributed by atoms with van der Waals surface area (Å²) in [5.74, 6) is -0.0378. The average molecular weight is 211 g/mol. The molecule has 1 aromatic rings. The molecule has 4 heteroatoms. The molecule has 3 nitrogen and oxygen atoms in total. The molecule has 0 aliphatic carbocycles. The molecule has 0 radical (unpaired) electrons. The van der Waals surface area contributed by atoms with E-state index in [1.165, 1.54) is 12.3 Å². The second-order valence-corrected chi connectivity index (χ2v) is 4.17. The van der Waals surface area contributed by atoms with Crippen LogP contribution in [0.2, 0.25) is 0 Å². The highest BCUT2D eigenvalue weighted by atomic mass is 19.1. The van der Waals surface area contributed by atoms with Crippen molar-refractivity contribution in [1.29, 1.82) is 0 Å². The first-order valence-corrected chi connectivity index (χ1v) is 5.02. The molecule has 1 aromatic heterocycles. The van der Waals surface area contributed by atoms with Crippen LogP contribution in [-0.4, -0.2) is 30.5 Å². The lowest BCUT2D eigenvalue weighted by Crippen LogP contribution is -2.29. The van der Waals surface area contributed by atoms with Gasteiger partial charge in [0.2, 0.25) is 0 Å². The third kappa shape index (κ3) is 3.57. The number of hydrogen-bond donors (Lipinski definition) is 1. The standard InChI is InChI=1S/C11H18FN3/c1-8(7-15(2)3)11(13)10-5-4-9(12)6-14-10/h4-6,8,11H,7,13H2,1-3H3. The zero-order valence-electron chi connectivity index (χ0n) is 9.44. The summed E-state index contributed by atoms with van der Waals surface area (Å²) in [6.07, 6.45) is 1.21. The van der Waals surface area contributed by atoms with Gasteiger partial charge in [-0.05, 0) is 32.1 Å². The normalized spacial score (nSPS) is 15.3. The minimum absolute atomic E-state index is 0.145. The predicted octanol–water partition coefficient (Wildman–Crippen LogP) is 1.42. The van der Waals surface area contributed by atoms with Crippen molar-refractivity contribution in [2.24, 2.45) is 11.7 Å². The van der Waals surface area contributed by atoms with Crippen molar-refractivity contribution in [2.45, 2.75) is 13.0 Å². The van der Waals surface area contributed by atoms with Crippen LogP contribution in [0, 0.1) is 11.7 Å². The van der Waals surface area contributed by atoms with Gasteiger partial charge >= 0.3 is 0 Å². The lowest BCUT2D eigenvalue weighted by atomic mass is 9.99. The maximum absolute atomic E-state index is 12.6. The molecule has 2 unspecified atom stereocenters. The molecule has 0 saturated heterocycles. The molecule has 0 fully saturated rings. The largest absolute Gasteiger partial charge is 0.322 e. The summed E-state index contributed by atoms with van der Waals surface area (Å²) in [6, 6.07) is 2.89. The molecule has 0 aromatic carbocycles. The quantitative estimate of drug-likeness (QED) is 0.819. The van der Waals surface area contributed by atoms with Crippen LogP contribution in [0.4, 0.5) is 4.39 Å². The Hall–Kier alpha value is -1.00. The van der Waals surface area contributed by atoms with E-state index in [0.29, 0.717) is 0 Å². The van der Waals surface area contributed by atoms with Crippen molar-refractivity contribution in [3.8, 4) is 0 Å². The molecule has 0 aliphatic heterocycles. The van der Waals surface area contributed by atoms with Crippen molar-refractivity contribution in [3.05, 3.63) is 29.8 Å². The molecule has 2 atom stereocenters. The highest BCUT2D eigenvalue weighted by Crippen LogP contribution is 2.17. The molecule has 0 amide bonds. The SMILES string of the molecule is CC(CN(C)C)C(N)c1ccc(F)cn1. The Morgan fingerprint density at radius 2 is 2.13 bits per heavy atom. The van der Waals surface area contributed by atoms with Crippen molar-refractivity contribution in [1.82, 2.24) is 9.88 Å². The number of pyridine rings is 1. The molecule has 1 heterocycles. The predicted molar refractivity (Wildman–Crippen MR) is 58.8 cm³/mol. The van der Waals surface area contributed by atoms with Gasteiger partial charge in [-0.15, -0.1) is 0 Å². The Labute approximate surface area is 90.1 Å². The third-order valence-electron chi connectivity index (χ3n) is 2.36. The van der Waals surface area contributed by atoms with Crippen molar-refractivity contribution < 1.29 is 4.39 Å². The number of nitrogens with zero attached hydrogens (tertiary/aromatic N) is 2. The number of nitrogens with two attached hydrogens (primary N) is 1. The summed E-state index contributed by atoms with van der Waals surface area (Å²) in [6.45, 7) is 2.95. The second-order valence-electron chi connectivity index (χ2n) is 4.17. The van der Waals surface area contributed by atoms with Gasteiger partial charge in [-0.2, -0.15) is 0 Å². The van der Waals surface area contributed by atoms with Gasteiger partial charge in [0.15, 0.2) is 0 Å². The van der Waals surface area contributed by atoms with E-state index in [1.54, 1.807) is 6.07 Å². The number of halogens is 1. The molecule has 15 heavy (non-hydrogen) atoms. The van der Waals surface area contributed by atoms with Gasteiger partial charge in [-0.25, -0.2) is 4.39 Å². The van der Waals surface area contributed by atoms with E-state index in [2.05, 4.69) is 16.8 Å². The summed E-state index contributed by atoms with van der Waals surface area (Å²) in [5, 5.41) is 0. The topological polar surface area (TPSA) is 42.1 Å². The monoisotopic (exact) mass is 211 g/mol. The van der Waals surface area contributed by atoms with Crippen LogP contribution >= 0.6 is 0 Å². The molecular weight excluding hydrogens is 193 g/mol. The molecular formula is C11H18FN3. The van der Waals surface area contributed by atoms with E-state index in [-0.39, 0.29) is 17.8 Å². The highest BCUT2D eigenvalue weighted by Gasteiger charge is 2.16. The Morgan fingerprint density at radius 1 is 1.47 bits per heavy atom. The second kappa shape index (κ2) is 5.19. The minimum atomic E-state index is -0.328. The van der Waals surface area contributed by atoms with Gasteiger partial charge in [0.05, 0.1) is 17.9 Å². The van der Waals surface area contributed by atoms with Crippen molar-refractivity contribution in [2.75, 3.05) is 20.6 Å². The van der Waals surface area contributed by atoms with E-state index in [4.69, 9.17) is 5.73 Å². The maximum atomic E-state index is 12.6. The molecule has 0 spiro atoms. The summed E-state index contributed by atoms with van der Waals surface area (Å²) < 4.78 is 12.6. The van der Waals surface area contributed by atoms with Gasteiger partial charge < -0.3 is 10.6 Å². The van der Waals surface area contributed by atoms with Gasteiger partial charge in [-0.1, -0.05) is 6.92 Å². The molecule has 0 bridgehead atoms. The van der Waals surface area contributed by atoms with Gasteiger partial charge in [0.1, 0.15) is 5.82 Å². The Kier molecular flexibility index (Phi) is 4.17. The number of aromatic nitrogens is 1. The maximum Gasteiger partial charge on any atom is 0.141 e. The van der Waals surface area contributed by atoms with Crippen LogP contribution in [0.25, 0.3) is 0 Å². The van der Waals surface area contributed by atoms with E-state index in [0.717, 1.165) is 12.2 Å². The Bertz CT molecular complexity index is 297. The Morgan fingerprint density at radius 3 is 2.60 bits per heavy atom. The van der Waals surface area contributed by atoms with Gasteiger partial charge in [0.25, 0.3) is 0 Å². The molecule has 0 saturated carbocycles. The van der Waals surface area contributed by atoms with E-state index in [1.807, 2.05) is 14.1 Å². The highest BCUT2D eigenvalue weighted by molar-refractivity contribution is 5.10. The molecule has 0 aliphatic rings. The van der Waals surface area contributed by atoms with Crippen LogP contribution < -0.4 is 5.73 Å². The fourth-order valence-corrected chi connectivity index (χ4v) is 1.57. The summed E-state index contributed by atoms with van der Waals surface area (Å²) in [7, 11) is 4.00. The van der Waals surface area contributed by atoms with Crippen LogP contribution in [-0.2, 0) is 0 Å². The van der Waals surface area contributed by atoms with E-state index in [9.17, 15) is 4.39 Å². The fourth-order valence-electron chi connectivity index (χ4n) is 1.57.